The van der Waals surface area contributed by atoms with Gasteiger partial charge in [-0.3, -0.25) is 20.4 Å². The third kappa shape index (κ3) is 8.96. The van der Waals surface area contributed by atoms with Gasteiger partial charge < -0.3 is 4.74 Å². The lowest BCUT2D eigenvalue weighted by molar-refractivity contribution is -0.164. The summed E-state index contributed by atoms with van der Waals surface area (Å²) in [4.78, 5) is 26.3. The Morgan fingerprint density at radius 2 is 1.53 bits per heavy atom. The number of benzene rings is 2. The second kappa shape index (κ2) is 12.1. The van der Waals surface area contributed by atoms with E-state index in [0.717, 1.165) is 11.3 Å². The number of ether oxygens (including phenoxy) is 1. The second-order valence-corrected chi connectivity index (χ2v) is 9.41. The molecule has 0 unspecified atom stereocenters. The van der Waals surface area contributed by atoms with E-state index in [2.05, 4.69) is 24.7 Å². The number of anilines is 1. The minimum Gasteiger partial charge on any atom is -0.460 e. The fraction of sp³-hybridized carbons (Fsp3) is 0.407. The number of hydrazine groups is 1. The van der Waals surface area contributed by atoms with Crippen LogP contribution in [0.15, 0.2) is 66.7 Å². The summed E-state index contributed by atoms with van der Waals surface area (Å²) in [6.45, 7) is 9.64. The summed E-state index contributed by atoms with van der Waals surface area (Å²) >= 11 is 0. The lowest BCUT2D eigenvalue weighted by atomic mass is 9.82. The maximum absolute atomic E-state index is 13.2. The van der Waals surface area contributed by atoms with Crippen molar-refractivity contribution < 1.29 is 14.3 Å². The monoisotopic (exact) mass is 436 g/mol. The fourth-order valence-electron chi connectivity index (χ4n) is 3.43. The molecule has 2 aromatic carbocycles. The molecule has 32 heavy (non-hydrogen) atoms. The predicted octanol–water partition coefficient (Wildman–Crippen LogP) is 5.85. The molecule has 0 aliphatic rings. The summed E-state index contributed by atoms with van der Waals surface area (Å²) in [7, 11) is 0. The number of amides is 1. The van der Waals surface area contributed by atoms with Gasteiger partial charge in [0.15, 0.2) is 0 Å². The number of carbonyl (C=O) groups excluding carboxylic acids is 2. The molecule has 0 radical (unpaired) electrons. The van der Waals surface area contributed by atoms with E-state index >= 15 is 0 Å². The molecule has 172 valence electrons. The summed E-state index contributed by atoms with van der Waals surface area (Å²) in [6, 6.07) is 19.3. The molecule has 2 N–H and O–H groups in total. The number of hydrogen-bond acceptors (Lipinski definition) is 4. The molecule has 0 aliphatic carbocycles. The Hall–Kier alpha value is -3.08. The lowest BCUT2D eigenvalue weighted by Crippen LogP contribution is -2.42. The van der Waals surface area contributed by atoms with E-state index in [-0.39, 0.29) is 17.8 Å². The largest absolute Gasteiger partial charge is 0.460 e. The van der Waals surface area contributed by atoms with Crippen molar-refractivity contribution in [3.8, 4) is 0 Å². The number of hydrogen-bond donors (Lipinski definition) is 2. The van der Waals surface area contributed by atoms with Gasteiger partial charge in [-0.15, -0.1) is 0 Å². The van der Waals surface area contributed by atoms with E-state index in [9.17, 15) is 9.59 Å². The molecule has 1 amide bonds. The molecule has 5 nitrogen and oxygen atoms in total. The SMILES string of the molecule is CC(C)C[C@@H](C(=O)NNc1ccccc1)[C@H](CC=Cc1ccccc1)C(=O)OC(C)(C)C. The normalized spacial score (nSPS) is 13.6. The molecule has 0 fully saturated rings. The van der Waals surface area contributed by atoms with Crippen LogP contribution in [0.2, 0.25) is 0 Å². The van der Waals surface area contributed by atoms with E-state index in [4.69, 9.17) is 4.74 Å². The predicted molar refractivity (Wildman–Crippen MR) is 131 cm³/mol. The summed E-state index contributed by atoms with van der Waals surface area (Å²) in [5, 5.41) is 0. The highest BCUT2D eigenvalue weighted by molar-refractivity contribution is 5.86. The van der Waals surface area contributed by atoms with E-state index in [1.807, 2.05) is 93.6 Å². The number of esters is 1. The smallest absolute Gasteiger partial charge is 0.310 e. The van der Waals surface area contributed by atoms with Gasteiger partial charge in [-0.05, 0) is 57.2 Å². The maximum atomic E-state index is 13.2. The Balaban J connectivity index is 2.22. The number of carbonyl (C=O) groups is 2. The van der Waals surface area contributed by atoms with Crippen molar-refractivity contribution in [2.45, 2.75) is 53.1 Å². The first-order chi connectivity index (χ1) is 15.2. The fourth-order valence-corrected chi connectivity index (χ4v) is 3.43. The third-order valence-corrected chi connectivity index (χ3v) is 4.86. The number of para-hydroxylation sites is 1. The van der Waals surface area contributed by atoms with Crippen LogP contribution in [0, 0.1) is 17.8 Å². The first-order valence-electron chi connectivity index (χ1n) is 11.2. The molecular weight excluding hydrogens is 400 g/mol. The lowest BCUT2D eigenvalue weighted by Gasteiger charge is -2.29. The number of nitrogens with one attached hydrogen (secondary N) is 2. The van der Waals surface area contributed by atoms with Gasteiger partial charge >= 0.3 is 5.97 Å². The molecule has 0 saturated heterocycles. The Bertz CT molecular complexity index is 871. The van der Waals surface area contributed by atoms with Crippen LogP contribution in [0.25, 0.3) is 6.08 Å². The van der Waals surface area contributed by atoms with Crippen molar-refractivity contribution in [2.75, 3.05) is 5.43 Å². The van der Waals surface area contributed by atoms with Crippen molar-refractivity contribution in [3.63, 3.8) is 0 Å². The average Bonchev–Trinajstić information content (AvgIpc) is 2.74. The first kappa shape index (κ1) is 25.2. The molecule has 5 heteroatoms. The highest BCUT2D eigenvalue weighted by atomic mass is 16.6. The molecule has 0 aliphatic heterocycles. The van der Waals surface area contributed by atoms with E-state index in [1.54, 1.807) is 0 Å². The number of allylic oxidation sites excluding steroid dienone is 1. The van der Waals surface area contributed by atoms with Crippen LogP contribution in [-0.4, -0.2) is 17.5 Å². The van der Waals surface area contributed by atoms with Gasteiger partial charge in [0.25, 0.3) is 0 Å². The van der Waals surface area contributed by atoms with E-state index < -0.39 is 17.4 Å². The van der Waals surface area contributed by atoms with Crippen LogP contribution in [0.5, 0.6) is 0 Å². The molecular formula is C27H36N2O3. The molecule has 0 saturated carbocycles. The average molecular weight is 437 g/mol. The zero-order chi connectivity index (χ0) is 23.6. The quantitative estimate of drug-likeness (QED) is 0.362. The Labute approximate surface area is 192 Å². The van der Waals surface area contributed by atoms with Crippen LogP contribution < -0.4 is 10.9 Å². The third-order valence-electron chi connectivity index (χ3n) is 4.86. The van der Waals surface area contributed by atoms with Crippen LogP contribution in [0.1, 0.15) is 53.0 Å². The van der Waals surface area contributed by atoms with Crippen molar-refractivity contribution >= 4 is 23.6 Å². The maximum Gasteiger partial charge on any atom is 0.310 e. The van der Waals surface area contributed by atoms with Gasteiger partial charge in [-0.2, -0.15) is 0 Å². The van der Waals surface area contributed by atoms with Gasteiger partial charge in [0.05, 0.1) is 17.5 Å². The van der Waals surface area contributed by atoms with Crippen molar-refractivity contribution in [3.05, 3.63) is 72.3 Å². The first-order valence-corrected chi connectivity index (χ1v) is 11.2. The molecule has 2 rings (SSSR count). The highest BCUT2D eigenvalue weighted by Crippen LogP contribution is 2.28. The Morgan fingerprint density at radius 1 is 0.938 bits per heavy atom. The molecule has 0 spiro atoms. The molecule has 2 atom stereocenters. The summed E-state index contributed by atoms with van der Waals surface area (Å²) in [6.07, 6.45) is 4.92. The second-order valence-electron chi connectivity index (χ2n) is 9.41. The van der Waals surface area contributed by atoms with E-state index in [1.165, 1.54) is 0 Å². The van der Waals surface area contributed by atoms with Crippen LogP contribution >= 0.6 is 0 Å². The molecule has 0 heterocycles. The minimum atomic E-state index is -0.625. The topological polar surface area (TPSA) is 67.4 Å². The van der Waals surface area contributed by atoms with Gasteiger partial charge in [0.2, 0.25) is 5.91 Å². The van der Waals surface area contributed by atoms with Crippen molar-refractivity contribution in [1.29, 1.82) is 0 Å². The van der Waals surface area contributed by atoms with Crippen molar-refractivity contribution in [1.82, 2.24) is 5.43 Å². The van der Waals surface area contributed by atoms with Crippen LogP contribution in [0.4, 0.5) is 5.69 Å². The Kier molecular flexibility index (Phi) is 9.51. The van der Waals surface area contributed by atoms with Gasteiger partial charge in [0.1, 0.15) is 5.60 Å². The van der Waals surface area contributed by atoms with Crippen molar-refractivity contribution in [2.24, 2.45) is 17.8 Å². The standard InChI is InChI=1S/C27H36N2O3/c1-20(2)19-24(25(30)29-28-22-16-10-7-11-17-22)23(26(31)32-27(3,4)5)18-12-15-21-13-8-6-9-14-21/h6-17,20,23-24,28H,18-19H2,1-5H3,(H,29,30)/t23-,24+/m0/s1. The van der Waals surface area contributed by atoms with Gasteiger partial charge in [-0.1, -0.05) is 74.5 Å². The van der Waals surface area contributed by atoms with Gasteiger partial charge in [-0.25, -0.2) is 0 Å². The van der Waals surface area contributed by atoms with Crippen LogP contribution in [-0.2, 0) is 14.3 Å². The summed E-state index contributed by atoms with van der Waals surface area (Å²) < 4.78 is 5.70. The number of rotatable bonds is 10. The zero-order valence-electron chi connectivity index (χ0n) is 19.8. The highest BCUT2D eigenvalue weighted by Gasteiger charge is 2.36. The molecule has 0 bridgehead atoms. The molecule has 0 aromatic heterocycles. The Morgan fingerprint density at radius 3 is 2.09 bits per heavy atom. The van der Waals surface area contributed by atoms with Crippen LogP contribution in [0.3, 0.4) is 0 Å². The minimum absolute atomic E-state index is 0.216. The van der Waals surface area contributed by atoms with E-state index in [0.29, 0.717) is 12.8 Å². The molecule has 2 aromatic rings. The zero-order valence-corrected chi connectivity index (χ0v) is 19.8. The summed E-state index contributed by atoms with van der Waals surface area (Å²) in [5.74, 6) is -1.44. The summed E-state index contributed by atoms with van der Waals surface area (Å²) in [5.41, 5.74) is 6.94. The van der Waals surface area contributed by atoms with Gasteiger partial charge in [0, 0.05) is 0 Å².